The molecule has 21 heavy (non-hydrogen) atoms. The van der Waals surface area contributed by atoms with Crippen LogP contribution in [0.3, 0.4) is 0 Å². The number of carbonyl (C=O) groups is 1. The standard InChI is InChI=1S/C17H21Cl2NO/c1-2-8-17(9-7-12-4-6-15(17)20-12)16(21)11-3-5-13(18)14(19)10-11/h3,5,10,12,15,20H,2,4,6-9H2,1H3/t12-,15-,17-/m1/s1. The summed E-state index contributed by atoms with van der Waals surface area (Å²) >= 11 is 12.1. The Bertz CT molecular complexity index is 560. The first-order chi connectivity index (χ1) is 10.1. The number of ketones is 1. The summed E-state index contributed by atoms with van der Waals surface area (Å²) in [5, 5.41) is 4.62. The van der Waals surface area contributed by atoms with E-state index in [9.17, 15) is 4.79 Å². The van der Waals surface area contributed by atoms with Crippen LogP contribution in [-0.4, -0.2) is 17.9 Å². The summed E-state index contributed by atoms with van der Waals surface area (Å²) in [6.07, 6.45) is 6.36. The quantitative estimate of drug-likeness (QED) is 0.799. The van der Waals surface area contributed by atoms with Crippen molar-refractivity contribution >= 4 is 29.0 Å². The van der Waals surface area contributed by atoms with Gasteiger partial charge in [0.1, 0.15) is 0 Å². The number of Topliss-reactive ketones (excluding diaryl/α,β-unsaturated/α-hetero) is 1. The Balaban J connectivity index is 1.96. The van der Waals surface area contributed by atoms with E-state index in [0.29, 0.717) is 27.7 Å². The molecule has 1 aromatic carbocycles. The number of carbonyl (C=O) groups excluding carboxylic acids is 1. The van der Waals surface area contributed by atoms with Gasteiger partial charge in [0.15, 0.2) is 5.78 Å². The molecule has 2 heterocycles. The maximum atomic E-state index is 13.2. The van der Waals surface area contributed by atoms with Crippen LogP contribution in [0.5, 0.6) is 0 Å². The molecule has 2 nitrogen and oxygen atoms in total. The zero-order valence-electron chi connectivity index (χ0n) is 12.3. The van der Waals surface area contributed by atoms with Crippen LogP contribution in [0.15, 0.2) is 18.2 Å². The first-order valence-electron chi connectivity index (χ1n) is 7.83. The Morgan fingerprint density at radius 1 is 1.29 bits per heavy atom. The summed E-state index contributed by atoms with van der Waals surface area (Å²) in [5.74, 6) is 0.237. The van der Waals surface area contributed by atoms with Crippen LogP contribution < -0.4 is 5.32 Å². The lowest BCUT2D eigenvalue weighted by Gasteiger charge is -2.42. The summed E-state index contributed by atoms with van der Waals surface area (Å²) in [5.41, 5.74) is 0.434. The van der Waals surface area contributed by atoms with Crippen molar-refractivity contribution in [2.75, 3.05) is 0 Å². The first-order valence-corrected chi connectivity index (χ1v) is 8.58. The first kappa shape index (κ1) is 15.3. The number of halogens is 2. The van der Waals surface area contributed by atoms with Crippen molar-refractivity contribution in [3.63, 3.8) is 0 Å². The Labute approximate surface area is 136 Å². The Hall–Kier alpha value is -0.570. The molecule has 0 amide bonds. The zero-order valence-corrected chi connectivity index (χ0v) is 13.8. The van der Waals surface area contributed by atoms with Gasteiger partial charge in [-0.25, -0.2) is 0 Å². The summed E-state index contributed by atoms with van der Waals surface area (Å²) in [6.45, 7) is 2.16. The average Bonchev–Trinajstić information content (AvgIpc) is 2.89. The van der Waals surface area contributed by atoms with Crippen molar-refractivity contribution in [1.82, 2.24) is 5.32 Å². The second kappa shape index (κ2) is 5.91. The summed E-state index contributed by atoms with van der Waals surface area (Å²) < 4.78 is 0. The Kier molecular flexibility index (Phi) is 4.31. The van der Waals surface area contributed by atoms with Gasteiger partial charge in [-0.1, -0.05) is 36.5 Å². The predicted octanol–water partition coefficient (Wildman–Crippen LogP) is 4.88. The number of nitrogens with one attached hydrogen (secondary N) is 1. The van der Waals surface area contributed by atoms with Crippen LogP contribution in [0.1, 0.15) is 55.8 Å². The van der Waals surface area contributed by atoms with E-state index in [1.807, 2.05) is 6.07 Å². The second-order valence-corrected chi connectivity index (χ2v) is 7.21. The summed E-state index contributed by atoms with van der Waals surface area (Å²) in [6, 6.07) is 6.20. The minimum absolute atomic E-state index is 0.237. The molecule has 2 bridgehead atoms. The van der Waals surface area contributed by atoms with Crippen LogP contribution in [0.2, 0.25) is 10.0 Å². The number of hydrogen-bond donors (Lipinski definition) is 1. The Morgan fingerprint density at radius 3 is 2.81 bits per heavy atom. The van der Waals surface area contributed by atoms with Crippen molar-refractivity contribution in [2.24, 2.45) is 5.41 Å². The summed E-state index contributed by atoms with van der Waals surface area (Å²) in [4.78, 5) is 13.2. The molecule has 1 aromatic rings. The minimum Gasteiger partial charge on any atom is -0.310 e. The molecular formula is C17H21Cl2NO. The molecule has 0 aromatic heterocycles. The van der Waals surface area contributed by atoms with Crippen LogP contribution in [0.4, 0.5) is 0 Å². The van der Waals surface area contributed by atoms with Gasteiger partial charge in [-0.15, -0.1) is 0 Å². The van der Waals surface area contributed by atoms with Crippen molar-refractivity contribution in [3.05, 3.63) is 33.8 Å². The fourth-order valence-electron chi connectivity index (χ4n) is 4.14. The number of fused-ring (bicyclic) bond motifs is 2. The molecule has 1 N–H and O–H groups in total. The van der Waals surface area contributed by atoms with Crippen molar-refractivity contribution in [2.45, 2.75) is 57.5 Å². The van der Waals surface area contributed by atoms with Gasteiger partial charge in [0.05, 0.1) is 10.0 Å². The number of rotatable bonds is 4. The van der Waals surface area contributed by atoms with Crippen LogP contribution in [0.25, 0.3) is 0 Å². The van der Waals surface area contributed by atoms with Crippen LogP contribution in [0, 0.1) is 5.41 Å². The molecule has 3 rings (SSSR count). The second-order valence-electron chi connectivity index (χ2n) is 6.40. The normalized spacial score (nSPS) is 31.4. The van der Waals surface area contributed by atoms with Crippen molar-refractivity contribution in [1.29, 1.82) is 0 Å². The van der Waals surface area contributed by atoms with E-state index in [4.69, 9.17) is 23.2 Å². The van der Waals surface area contributed by atoms with E-state index in [-0.39, 0.29) is 11.2 Å². The molecular weight excluding hydrogens is 305 g/mol. The van der Waals surface area contributed by atoms with E-state index >= 15 is 0 Å². The monoisotopic (exact) mass is 325 g/mol. The number of piperidine rings is 1. The number of benzene rings is 1. The highest BCUT2D eigenvalue weighted by molar-refractivity contribution is 6.42. The third-order valence-electron chi connectivity index (χ3n) is 5.18. The highest BCUT2D eigenvalue weighted by atomic mass is 35.5. The van der Waals surface area contributed by atoms with E-state index < -0.39 is 0 Å². The highest BCUT2D eigenvalue weighted by Crippen LogP contribution is 2.46. The van der Waals surface area contributed by atoms with E-state index in [0.717, 1.165) is 32.1 Å². The van der Waals surface area contributed by atoms with Crippen molar-refractivity contribution < 1.29 is 4.79 Å². The third-order valence-corrected chi connectivity index (χ3v) is 5.92. The Morgan fingerprint density at radius 2 is 2.10 bits per heavy atom. The van der Waals surface area contributed by atoms with E-state index in [1.165, 1.54) is 6.42 Å². The molecule has 2 fully saturated rings. The smallest absolute Gasteiger partial charge is 0.170 e. The molecule has 4 heteroatoms. The van der Waals surface area contributed by atoms with E-state index in [2.05, 4.69) is 12.2 Å². The minimum atomic E-state index is -0.265. The van der Waals surface area contributed by atoms with Gasteiger partial charge in [-0.2, -0.15) is 0 Å². The van der Waals surface area contributed by atoms with E-state index in [1.54, 1.807) is 12.1 Å². The molecule has 2 aliphatic heterocycles. The average molecular weight is 326 g/mol. The lowest BCUT2D eigenvalue weighted by molar-refractivity contribution is 0.0617. The topological polar surface area (TPSA) is 29.1 Å². The summed E-state index contributed by atoms with van der Waals surface area (Å²) in [7, 11) is 0. The molecule has 0 aliphatic carbocycles. The van der Waals surface area contributed by atoms with Crippen LogP contribution >= 0.6 is 23.2 Å². The molecule has 0 unspecified atom stereocenters. The fraction of sp³-hybridized carbons (Fsp3) is 0.588. The molecule has 114 valence electrons. The molecule has 2 aliphatic rings. The van der Waals surface area contributed by atoms with Gasteiger partial charge < -0.3 is 5.32 Å². The molecule has 3 atom stereocenters. The van der Waals surface area contributed by atoms with Gasteiger partial charge in [0.2, 0.25) is 0 Å². The van der Waals surface area contributed by atoms with Gasteiger partial charge in [-0.05, 0) is 50.3 Å². The van der Waals surface area contributed by atoms with Gasteiger partial charge in [0.25, 0.3) is 0 Å². The number of hydrogen-bond acceptors (Lipinski definition) is 2. The SMILES string of the molecule is CCC[C@@]1(C(=O)c2ccc(Cl)c(Cl)c2)CC[C@H]2CC[C@H]1N2. The van der Waals surface area contributed by atoms with Gasteiger partial charge in [0, 0.05) is 23.1 Å². The predicted molar refractivity (Wildman–Crippen MR) is 87.3 cm³/mol. The van der Waals surface area contributed by atoms with Gasteiger partial charge in [-0.3, -0.25) is 4.79 Å². The lowest BCUT2D eigenvalue weighted by Crippen LogP contribution is -2.52. The third kappa shape index (κ3) is 2.62. The van der Waals surface area contributed by atoms with Gasteiger partial charge >= 0.3 is 0 Å². The molecule has 0 spiro atoms. The van der Waals surface area contributed by atoms with Crippen molar-refractivity contribution in [3.8, 4) is 0 Å². The largest absolute Gasteiger partial charge is 0.310 e. The lowest BCUT2D eigenvalue weighted by atomic mass is 9.67. The molecule has 0 radical (unpaired) electrons. The zero-order chi connectivity index (χ0) is 15.0. The van der Waals surface area contributed by atoms with Crippen LogP contribution in [-0.2, 0) is 0 Å². The maximum Gasteiger partial charge on any atom is 0.170 e. The molecule has 2 saturated heterocycles. The maximum absolute atomic E-state index is 13.2. The molecule has 0 saturated carbocycles. The fourth-order valence-corrected chi connectivity index (χ4v) is 4.44. The highest BCUT2D eigenvalue weighted by Gasteiger charge is 2.50.